The summed E-state index contributed by atoms with van der Waals surface area (Å²) in [5.74, 6) is 0.337. The van der Waals surface area contributed by atoms with Gasteiger partial charge in [0.15, 0.2) is 0 Å². The van der Waals surface area contributed by atoms with Gasteiger partial charge in [-0.15, -0.1) is 20.4 Å². The molecule has 2 amide bonds. The Hall–Kier alpha value is -3.50. The standard InChI is InChI=1S/C26H26N6O2S2/c33-21(14-17-8-3-1-4-9-17)27-25-31-29-23(35-25)19-12-7-13-20(16-19)24-30-32-26(36-24)28-22(34)15-18-10-5-2-6-11-18/h1-6,8-11,19-20H,7,12-16H2,(H,27,31,33)(H,28,32,34)/t19-,20?/m1/s1. The SMILES string of the molecule is O=C(Cc1ccccc1)Nc1nnc(C2CCC[C@@H](c3nnc(NC(=O)Cc4ccccc4)s3)C2)s1. The predicted octanol–water partition coefficient (Wildman–Crippen LogP) is 5.19. The minimum Gasteiger partial charge on any atom is -0.300 e. The van der Waals surface area contributed by atoms with Gasteiger partial charge < -0.3 is 10.6 Å². The Kier molecular flexibility index (Phi) is 7.73. The molecule has 2 N–H and O–H groups in total. The molecule has 0 bridgehead atoms. The summed E-state index contributed by atoms with van der Waals surface area (Å²) in [6.07, 6.45) is 4.63. The normalized spacial score (nSPS) is 17.4. The molecule has 36 heavy (non-hydrogen) atoms. The Morgan fingerprint density at radius 2 is 1.14 bits per heavy atom. The van der Waals surface area contributed by atoms with E-state index in [1.807, 2.05) is 60.7 Å². The topological polar surface area (TPSA) is 110 Å². The molecule has 1 aliphatic carbocycles. The Labute approximate surface area is 217 Å². The van der Waals surface area contributed by atoms with E-state index in [9.17, 15) is 9.59 Å². The van der Waals surface area contributed by atoms with E-state index in [1.165, 1.54) is 22.7 Å². The zero-order chi connectivity index (χ0) is 24.7. The van der Waals surface area contributed by atoms with Gasteiger partial charge in [-0.3, -0.25) is 9.59 Å². The summed E-state index contributed by atoms with van der Waals surface area (Å²) in [4.78, 5) is 24.7. The largest absolute Gasteiger partial charge is 0.300 e. The number of rotatable bonds is 8. The second-order valence-electron chi connectivity index (χ2n) is 8.87. The molecule has 2 aromatic heterocycles. The fraction of sp³-hybridized carbons (Fsp3) is 0.308. The molecule has 0 saturated heterocycles. The monoisotopic (exact) mass is 518 g/mol. The highest BCUT2D eigenvalue weighted by molar-refractivity contribution is 7.15. The first-order valence-electron chi connectivity index (χ1n) is 12.0. The zero-order valence-corrected chi connectivity index (χ0v) is 21.2. The molecule has 1 saturated carbocycles. The first-order chi connectivity index (χ1) is 17.6. The molecule has 0 spiro atoms. The third-order valence-electron chi connectivity index (χ3n) is 6.16. The lowest BCUT2D eigenvalue weighted by Crippen LogP contribution is -2.14. The van der Waals surface area contributed by atoms with Gasteiger partial charge in [-0.1, -0.05) is 89.8 Å². The summed E-state index contributed by atoms with van der Waals surface area (Å²) in [6, 6.07) is 19.3. The van der Waals surface area contributed by atoms with Crippen LogP contribution in [0.1, 0.15) is 58.7 Å². The van der Waals surface area contributed by atoms with E-state index < -0.39 is 0 Å². The molecular weight excluding hydrogens is 492 g/mol. The van der Waals surface area contributed by atoms with Crippen LogP contribution in [0, 0.1) is 0 Å². The number of carbonyl (C=O) groups is 2. The molecule has 2 aromatic carbocycles. The lowest BCUT2D eigenvalue weighted by atomic mass is 9.82. The van der Waals surface area contributed by atoms with Crippen molar-refractivity contribution in [3.8, 4) is 0 Å². The second kappa shape index (κ2) is 11.5. The average molecular weight is 519 g/mol. The molecule has 10 heteroatoms. The molecule has 1 aliphatic rings. The van der Waals surface area contributed by atoms with Crippen LogP contribution in [0.25, 0.3) is 0 Å². The Bertz CT molecular complexity index is 1210. The van der Waals surface area contributed by atoms with E-state index >= 15 is 0 Å². The van der Waals surface area contributed by atoms with E-state index in [0.29, 0.717) is 23.1 Å². The first-order valence-corrected chi connectivity index (χ1v) is 13.6. The highest BCUT2D eigenvalue weighted by Crippen LogP contribution is 2.43. The third kappa shape index (κ3) is 6.38. The van der Waals surface area contributed by atoms with Crippen molar-refractivity contribution in [1.29, 1.82) is 0 Å². The summed E-state index contributed by atoms with van der Waals surface area (Å²) in [5.41, 5.74) is 1.92. The zero-order valence-electron chi connectivity index (χ0n) is 19.6. The van der Waals surface area contributed by atoms with Crippen molar-refractivity contribution in [1.82, 2.24) is 20.4 Å². The lowest BCUT2D eigenvalue weighted by Gasteiger charge is -2.25. The maximum atomic E-state index is 12.4. The Morgan fingerprint density at radius 3 is 1.58 bits per heavy atom. The van der Waals surface area contributed by atoms with Gasteiger partial charge >= 0.3 is 0 Å². The van der Waals surface area contributed by atoms with Crippen molar-refractivity contribution >= 4 is 44.8 Å². The van der Waals surface area contributed by atoms with E-state index in [2.05, 4.69) is 31.0 Å². The van der Waals surface area contributed by atoms with Crippen LogP contribution in [-0.2, 0) is 22.4 Å². The third-order valence-corrected chi connectivity index (χ3v) is 8.16. The van der Waals surface area contributed by atoms with Gasteiger partial charge in [-0.05, 0) is 30.4 Å². The number of nitrogens with zero attached hydrogens (tertiary/aromatic N) is 4. The molecule has 2 heterocycles. The molecule has 5 rings (SSSR count). The number of carbonyl (C=O) groups excluding carboxylic acids is 2. The van der Waals surface area contributed by atoms with E-state index in [1.54, 1.807) is 0 Å². The first kappa shape index (κ1) is 24.2. The number of amides is 2. The second-order valence-corrected chi connectivity index (χ2v) is 10.9. The molecule has 1 unspecified atom stereocenters. The molecule has 0 radical (unpaired) electrons. The van der Waals surface area contributed by atoms with E-state index in [4.69, 9.17) is 0 Å². The van der Waals surface area contributed by atoms with Gasteiger partial charge in [0.2, 0.25) is 22.1 Å². The highest BCUT2D eigenvalue weighted by atomic mass is 32.1. The van der Waals surface area contributed by atoms with Crippen molar-refractivity contribution in [2.45, 2.75) is 50.4 Å². The van der Waals surface area contributed by atoms with Gasteiger partial charge in [-0.2, -0.15) is 0 Å². The molecule has 8 nitrogen and oxygen atoms in total. The number of benzene rings is 2. The fourth-order valence-corrected chi connectivity index (χ4v) is 6.24. The molecule has 1 fully saturated rings. The van der Waals surface area contributed by atoms with Gasteiger partial charge in [-0.25, -0.2) is 0 Å². The molecule has 184 valence electrons. The van der Waals surface area contributed by atoms with Crippen molar-refractivity contribution in [2.24, 2.45) is 0 Å². The van der Waals surface area contributed by atoms with Crippen LogP contribution < -0.4 is 10.6 Å². The van der Waals surface area contributed by atoms with Crippen molar-refractivity contribution in [3.05, 3.63) is 81.8 Å². The molecular formula is C26H26N6O2S2. The number of aromatic nitrogens is 4. The van der Waals surface area contributed by atoms with E-state index in [0.717, 1.165) is 46.8 Å². The van der Waals surface area contributed by atoms with Gasteiger partial charge in [0.05, 0.1) is 12.8 Å². The smallest absolute Gasteiger partial charge is 0.230 e. The summed E-state index contributed by atoms with van der Waals surface area (Å²) in [7, 11) is 0. The van der Waals surface area contributed by atoms with Crippen LogP contribution in [-0.4, -0.2) is 32.2 Å². The summed E-state index contributed by atoms with van der Waals surface area (Å²) in [6.45, 7) is 0. The predicted molar refractivity (Wildman–Crippen MR) is 141 cm³/mol. The van der Waals surface area contributed by atoms with Crippen LogP contribution in [0.2, 0.25) is 0 Å². The molecule has 0 aliphatic heterocycles. The van der Waals surface area contributed by atoms with Crippen molar-refractivity contribution in [2.75, 3.05) is 10.6 Å². The van der Waals surface area contributed by atoms with Crippen LogP contribution in [0.4, 0.5) is 10.3 Å². The number of nitrogens with one attached hydrogen (secondary N) is 2. The van der Waals surface area contributed by atoms with Gasteiger partial charge in [0.1, 0.15) is 10.0 Å². The Balaban J connectivity index is 1.15. The maximum Gasteiger partial charge on any atom is 0.230 e. The van der Waals surface area contributed by atoms with Crippen LogP contribution in [0.5, 0.6) is 0 Å². The lowest BCUT2D eigenvalue weighted by molar-refractivity contribution is -0.116. The van der Waals surface area contributed by atoms with Gasteiger partial charge in [0, 0.05) is 11.8 Å². The van der Waals surface area contributed by atoms with E-state index in [-0.39, 0.29) is 23.7 Å². The quantitative estimate of drug-likeness (QED) is 0.332. The highest BCUT2D eigenvalue weighted by Gasteiger charge is 2.29. The summed E-state index contributed by atoms with van der Waals surface area (Å²) in [5, 5.41) is 25.9. The minimum absolute atomic E-state index is 0.0962. The Morgan fingerprint density at radius 1 is 0.694 bits per heavy atom. The molecule has 2 atom stereocenters. The molecule has 4 aromatic rings. The minimum atomic E-state index is -0.0962. The van der Waals surface area contributed by atoms with Crippen molar-refractivity contribution < 1.29 is 9.59 Å². The number of hydrogen-bond acceptors (Lipinski definition) is 8. The van der Waals surface area contributed by atoms with Crippen LogP contribution >= 0.6 is 22.7 Å². The number of anilines is 2. The summed E-state index contributed by atoms with van der Waals surface area (Å²) >= 11 is 2.89. The van der Waals surface area contributed by atoms with Crippen LogP contribution in [0.15, 0.2) is 60.7 Å². The van der Waals surface area contributed by atoms with Gasteiger partial charge in [0.25, 0.3) is 0 Å². The average Bonchev–Trinajstić information content (AvgIpc) is 3.55. The summed E-state index contributed by atoms with van der Waals surface area (Å²) < 4.78 is 0. The maximum absolute atomic E-state index is 12.4. The van der Waals surface area contributed by atoms with Crippen molar-refractivity contribution in [3.63, 3.8) is 0 Å². The number of hydrogen-bond donors (Lipinski definition) is 2. The fourth-order valence-electron chi connectivity index (χ4n) is 4.43. The van der Waals surface area contributed by atoms with Crippen LogP contribution in [0.3, 0.4) is 0 Å².